The minimum absolute atomic E-state index is 0.500. The van der Waals surface area contributed by atoms with Crippen molar-refractivity contribution in [2.45, 2.75) is 47.0 Å². The van der Waals surface area contributed by atoms with Gasteiger partial charge < -0.3 is 14.2 Å². The van der Waals surface area contributed by atoms with Crippen molar-refractivity contribution in [3.8, 4) is 17.5 Å². The third-order valence-corrected chi connectivity index (χ3v) is 6.16. The number of piperidine rings is 1. The first-order valence-corrected chi connectivity index (χ1v) is 10.6. The summed E-state index contributed by atoms with van der Waals surface area (Å²) in [7, 11) is 1.70. The molecule has 1 aliphatic rings. The average Bonchev–Trinajstić information content (AvgIpc) is 3.03. The summed E-state index contributed by atoms with van der Waals surface area (Å²) in [5.41, 5.74) is 5.57. The van der Waals surface area contributed by atoms with E-state index in [1.807, 2.05) is 6.92 Å². The molecule has 1 fully saturated rings. The topological polar surface area (TPSA) is 67.0 Å². The Bertz CT molecular complexity index is 1110. The molecule has 156 valence electrons. The number of anilines is 1. The second-order valence-electron chi connectivity index (χ2n) is 8.38. The van der Waals surface area contributed by atoms with E-state index in [1.165, 1.54) is 5.56 Å². The molecule has 0 bridgehead atoms. The van der Waals surface area contributed by atoms with Crippen molar-refractivity contribution in [1.82, 2.24) is 14.5 Å². The van der Waals surface area contributed by atoms with E-state index in [1.54, 1.807) is 7.11 Å². The Hall–Kier alpha value is -3.07. The van der Waals surface area contributed by atoms with Gasteiger partial charge in [-0.2, -0.15) is 5.26 Å². The Kier molecular flexibility index (Phi) is 5.38. The van der Waals surface area contributed by atoms with Gasteiger partial charge in [-0.05, 0) is 75.3 Å². The number of aromatic nitrogens is 3. The molecule has 1 aliphatic heterocycles. The number of ether oxygens (including phenoxy) is 1. The van der Waals surface area contributed by atoms with E-state index in [0.29, 0.717) is 12.3 Å². The van der Waals surface area contributed by atoms with Crippen molar-refractivity contribution >= 4 is 16.9 Å². The largest absolute Gasteiger partial charge is 0.497 e. The molecular formula is C24H29N5O. The van der Waals surface area contributed by atoms with E-state index in [9.17, 15) is 0 Å². The minimum atomic E-state index is 0.500. The van der Waals surface area contributed by atoms with Gasteiger partial charge in [-0.25, -0.2) is 9.97 Å². The molecule has 1 saturated heterocycles. The lowest BCUT2D eigenvalue weighted by Gasteiger charge is -2.32. The van der Waals surface area contributed by atoms with Crippen LogP contribution in [-0.4, -0.2) is 34.7 Å². The lowest BCUT2D eigenvalue weighted by Crippen LogP contribution is -2.34. The van der Waals surface area contributed by atoms with Gasteiger partial charge in [-0.3, -0.25) is 0 Å². The fourth-order valence-electron chi connectivity index (χ4n) is 4.68. The van der Waals surface area contributed by atoms with Crippen molar-refractivity contribution in [3.63, 3.8) is 0 Å². The summed E-state index contributed by atoms with van der Waals surface area (Å²) >= 11 is 0. The fourth-order valence-corrected chi connectivity index (χ4v) is 4.68. The highest BCUT2D eigenvalue weighted by molar-refractivity contribution is 5.92. The van der Waals surface area contributed by atoms with Crippen LogP contribution in [-0.2, 0) is 0 Å². The Morgan fingerprint density at radius 1 is 1.07 bits per heavy atom. The monoisotopic (exact) mass is 403 g/mol. The highest BCUT2D eigenvalue weighted by Gasteiger charge is 2.25. The fraction of sp³-hybridized carbons (Fsp3) is 0.458. The number of nitriles is 1. The third-order valence-electron chi connectivity index (χ3n) is 6.16. The van der Waals surface area contributed by atoms with E-state index in [0.717, 1.165) is 71.2 Å². The number of benzene rings is 1. The Morgan fingerprint density at radius 2 is 1.73 bits per heavy atom. The summed E-state index contributed by atoms with van der Waals surface area (Å²) in [5, 5.41) is 10.1. The summed E-state index contributed by atoms with van der Waals surface area (Å²) in [5.74, 6) is 3.17. The van der Waals surface area contributed by atoms with E-state index < -0.39 is 0 Å². The molecule has 2 aromatic heterocycles. The Morgan fingerprint density at radius 3 is 2.33 bits per heavy atom. The standard InChI is InChI=1S/C24H29N5O/c1-15-12-20(30-5)13-16(2)22(15)29-14-17(3)21-23(26-18(4)27-24(21)29)28-10-7-19(6-9-25)8-11-28/h12-14,19H,6-8,10-11H2,1-5H3. The van der Waals surface area contributed by atoms with Crippen LogP contribution in [0.25, 0.3) is 16.7 Å². The maximum atomic E-state index is 9.01. The molecule has 0 amide bonds. The first-order valence-electron chi connectivity index (χ1n) is 10.6. The van der Waals surface area contributed by atoms with Gasteiger partial charge in [0, 0.05) is 25.7 Å². The second kappa shape index (κ2) is 7.98. The lowest BCUT2D eigenvalue weighted by atomic mass is 9.94. The number of aryl methyl sites for hydroxylation is 4. The molecule has 0 N–H and O–H groups in total. The molecule has 0 saturated carbocycles. The van der Waals surface area contributed by atoms with Gasteiger partial charge in [0.15, 0.2) is 5.65 Å². The summed E-state index contributed by atoms with van der Waals surface area (Å²) in [6, 6.07) is 6.46. The molecule has 0 spiro atoms. The number of hydrogen-bond acceptors (Lipinski definition) is 5. The van der Waals surface area contributed by atoms with Crippen molar-refractivity contribution in [3.05, 3.63) is 40.8 Å². The maximum absolute atomic E-state index is 9.01. The van der Waals surface area contributed by atoms with Crippen molar-refractivity contribution in [2.24, 2.45) is 5.92 Å². The number of fused-ring (bicyclic) bond motifs is 1. The second-order valence-corrected chi connectivity index (χ2v) is 8.38. The Labute approximate surface area is 178 Å². The average molecular weight is 404 g/mol. The molecule has 30 heavy (non-hydrogen) atoms. The molecule has 6 nitrogen and oxygen atoms in total. The first kappa shape index (κ1) is 20.2. The van der Waals surface area contributed by atoms with E-state index in [-0.39, 0.29) is 0 Å². The summed E-state index contributed by atoms with van der Waals surface area (Å²) in [6.45, 7) is 10.2. The van der Waals surface area contributed by atoms with Crippen molar-refractivity contribution < 1.29 is 4.74 Å². The highest BCUT2D eigenvalue weighted by atomic mass is 16.5. The minimum Gasteiger partial charge on any atom is -0.497 e. The Balaban J connectivity index is 1.82. The number of rotatable bonds is 4. The zero-order valence-corrected chi connectivity index (χ0v) is 18.5. The normalized spacial score (nSPS) is 14.9. The molecule has 3 heterocycles. The number of nitrogens with zero attached hydrogens (tertiary/aromatic N) is 5. The molecular weight excluding hydrogens is 374 g/mol. The van der Waals surface area contributed by atoms with Gasteiger partial charge >= 0.3 is 0 Å². The summed E-state index contributed by atoms with van der Waals surface area (Å²) in [4.78, 5) is 12.1. The maximum Gasteiger partial charge on any atom is 0.150 e. The first-order chi connectivity index (χ1) is 14.4. The zero-order valence-electron chi connectivity index (χ0n) is 18.5. The van der Waals surface area contributed by atoms with Crippen LogP contribution in [0, 0.1) is 44.9 Å². The molecule has 0 atom stereocenters. The smallest absolute Gasteiger partial charge is 0.150 e. The molecule has 1 aromatic carbocycles. The number of methoxy groups -OCH3 is 1. The number of hydrogen-bond donors (Lipinski definition) is 0. The predicted octanol–water partition coefficient (Wildman–Crippen LogP) is 4.79. The quantitative estimate of drug-likeness (QED) is 0.626. The van der Waals surface area contributed by atoms with Crippen molar-refractivity contribution in [1.29, 1.82) is 5.26 Å². The third kappa shape index (κ3) is 3.49. The van der Waals surface area contributed by atoms with Gasteiger partial charge in [-0.15, -0.1) is 0 Å². The highest BCUT2D eigenvalue weighted by Crippen LogP contribution is 2.35. The predicted molar refractivity (Wildman–Crippen MR) is 120 cm³/mol. The molecule has 0 radical (unpaired) electrons. The molecule has 4 rings (SSSR count). The van der Waals surface area contributed by atoms with Crippen LogP contribution in [0.2, 0.25) is 0 Å². The van der Waals surface area contributed by atoms with Gasteiger partial charge in [0.1, 0.15) is 17.4 Å². The van der Waals surface area contributed by atoms with E-state index >= 15 is 0 Å². The molecule has 0 aliphatic carbocycles. The van der Waals surface area contributed by atoms with Gasteiger partial charge in [0.25, 0.3) is 0 Å². The van der Waals surface area contributed by atoms with Crippen LogP contribution in [0.3, 0.4) is 0 Å². The van der Waals surface area contributed by atoms with Crippen LogP contribution in [0.1, 0.15) is 41.8 Å². The van der Waals surface area contributed by atoms with Gasteiger partial charge in [-0.1, -0.05) is 0 Å². The van der Waals surface area contributed by atoms with Crippen LogP contribution in [0.4, 0.5) is 5.82 Å². The molecule has 6 heteroatoms. The van der Waals surface area contributed by atoms with E-state index in [2.05, 4.69) is 54.6 Å². The lowest BCUT2D eigenvalue weighted by molar-refractivity contribution is 0.411. The summed E-state index contributed by atoms with van der Waals surface area (Å²) < 4.78 is 7.65. The van der Waals surface area contributed by atoms with Crippen LogP contribution in [0.5, 0.6) is 5.75 Å². The van der Waals surface area contributed by atoms with Gasteiger partial charge in [0.05, 0.1) is 24.3 Å². The zero-order chi connectivity index (χ0) is 21.4. The van der Waals surface area contributed by atoms with Crippen LogP contribution in [0.15, 0.2) is 18.3 Å². The SMILES string of the molecule is COc1cc(C)c(-n2cc(C)c3c(N4CCC(CC#N)CC4)nc(C)nc32)c(C)c1. The van der Waals surface area contributed by atoms with Crippen LogP contribution < -0.4 is 9.64 Å². The summed E-state index contributed by atoms with van der Waals surface area (Å²) in [6.07, 6.45) is 4.90. The molecule has 3 aromatic rings. The van der Waals surface area contributed by atoms with E-state index in [4.69, 9.17) is 20.0 Å². The van der Waals surface area contributed by atoms with Crippen LogP contribution >= 0.6 is 0 Å². The molecule has 0 unspecified atom stereocenters. The van der Waals surface area contributed by atoms with Gasteiger partial charge in [0.2, 0.25) is 0 Å². The van der Waals surface area contributed by atoms with Crippen molar-refractivity contribution in [2.75, 3.05) is 25.1 Å².